The smallest absolute Gasteiger partial charge is 0.255 e. The van der Waals surface area contributed by atoms with E-state index in [1.54, 1.807) is 30.5 Å². The van der Waals surface area contributed by atoms with Crippen LogP contribution in [0.1, 0.15) is 23.2 Å². The lowest BCUT2D eigenvalue weighted by Crippen LogP contribution is -2.49. The van der Waals surface area contributed by atoms with Crippen molar-refractivity contribution < 1.29 is 9.59 Å². The minimum atomic E-state index is -0.201. The summed E-state index contributed by atoms with van der Waals surface area (Å²) in [5, 5.41) is 3.43. The van der Waals surface area contributed by atoms with Gasteiger partial charge in [-0.1, -0.05) is 11.6 Å². The first-order valence-corrected chi connectivity index (χ1v) is 9.55. The van der Waals surface area contributed by atoms with Gasteiger partial charge >= 0.3 is 0 Å². The maximum absolute atomic E-state index is 12.2. The third kappa shape index (κ3) is 4.22. The zero-order valence-corrected chi connectivity index (χ0v) is 15.7. The van der Waals surface area contributed by atoms with Crippen molar-refractivity contribution >= 4 is 34.9 Å². The second kappa shape index (κ2) is 7.56. The van der Waals surface area contributed by atoms with E-state index in [-0.39, 0.29) is 11.8 Å². The molecule has 4 rings (SSSR count). The maximum atomic E-state index is 12.2. The molecule has 0 spiro atoms. The van der Waals surface area contributed by atoms with Gasteiger partial charge in [-0.25, -0.2) is 4.98 Å². The van der Waals surface area contributed by atoms with E-state index in [9.17, 15) is 9.59 Å². The summed E-state index contributed by atoms with van der Waals surface area (Å²) >= 11 is 5.84. The van der Waals surface area contributed by atoms with Gasteiger partial charge in [0.1, 0.15) is 5.82 Å². The number of piperazine rings is 1. The highest BCUT2D eigenvalue weighted by molar-refractivity contribution is 6.30. The molecule has 6 nitrogen and oxygen atoms in total. The Balaban J connectivity index is 1.33. The Kier molecular flexibility index (Phi) is 4.99. The number of pyridine rings is 1. The molecule has 0 bridgehead atoms. The van der Waals surface area contributed by atoms with Crippen LogP contribution in [0, 0.1) is 5.92 Å². The second-order valence-corrected chi connectivity index (χ2v) is 7.39. The standard InChI is InChI=1S/C20H21ClN4O2/c21-16-5-3-14(4-6-16)19(26)23-17-7-8-18(22-13-17)24-9-11-25(12-10-24)20(27)15-1-2-15/h3-8,13,15H,1-2,9-12H2,(H,23,26). The molecule has 27 heavy (non-hydrogen) atoms. The molecule has 0 unspecified atom stereocenters. The number of aromatic nitrogens is 1. The number of nitrogens with zero attached hydrogens (tertiary/aromatic N) is 3. The van der Waals surface area contributed by atoms with Crippen LogP contribution in [0.4, 0.5) is 11.5 Å². The van der Waals surface area contributed by atoms with Crippen LogP contribution in [-0.2, 0) is 4.79 Å². The number of hydrogen-bond acceptors (Lipinski definition) is 4. The fourth-order valence-electron chi connectivity index (χ4n) is 3.20. The fourth-order valence-corrected chi connectivity index (χ4v) is 3.32. The summed E-state index contributed by atoms with van der Waals surface area (Å²) in [6.45, 7) is 3.04. The maximum Gasteiger partial charge on any atom is 0.255 e. The molecule has 2 heterocycles. The van der Waals surface area contributed by atoms with Gasteiger partial charge in [-0.05, 0) is 49.2 Å². The van der Waals surface area contributed by atoms with E-state index >= 15 is 0 Å². The fraction of sp³-hybridized carbons (Fsp3) is 0.350. The zero-order valence-electron chi connectivity index (χ0n) is 14.9. The van der Waals surface area contributed by atoms with Gasteiger partial charge in [0, 0.05) is 42.7 Å². The molecule has 0 atom stereocenters. The Labute approximate surface area is 163 Å². The molecule has 1 aliphatic carbocycles. The Morgan fingerprint density at radius 3 is 2.30 bits per heavy atom. The van der Waals surface area contributed by atoms with E-state index < -0.39 is 0 Å². The van der Waals surface area contributed by atoms with Crippen LogP contribution in [0.3, 0.4) is 0 Å². The summed E-state index contributed by atoms with van der Waals surface area (Å²) in [7, 11) is 0. The summed E-state index contributed by atoms with van der Waals surface area (Å²) in [5.74, 6) is 1.24. The SMILES string of the molecule is O=C(Nc1ccc(N2CCN(C(=O)C3CC3)CC2)nc1)c1ccc(Cl)cc1. The van der Waals surface area contributed by atoms with E-state index in [0.717, 1.165) is 44.8 Å². The number of carbonyl (C=O) groups is 2. The van der Waals surface area contributed by atoms with E-state index in [2.05, 4.69) is 15.2 Å². The molecule has 1 aromatic heterocycles. The summed E-state index contributed by atoms with van der Waals surface area (Å²) in [4.78, 5) is 33.0. The molecular formula is C20H21ClN4O2. The van der Waals surface area contributed by atoms with Crippen molar-refractivity contribution in [1.29, 1.82) is 0 Å². The normalized spacial score (nSPS) is 16.9. The van der Waals surface area contributed by atoms with Crippen LogP contribution < -0.4 is 10.2 Å². The van der Waals surface area contributed by atoms with Gasteiger partial charge in [0.2, 0.25) is 5.91 Å². The highest BCUT2D eigenvalue weighted by Gasteiger charge is 2.34. The van der Waals surface area contributed by atoms with Crippen molar-refractivity contribution in [3.63, 3.8) is 0 Å². The zero-order chi connectivity index (χ0) is 18.8. The van der Waals surface area contributed by atoms with E-state index in [1.807, 2.05) is 17.0 Å². The number of anilines is 2. The average molecular weight is 385 g/mol. The minimum Gasteiger partial charge on any atom is -0.353 e. The summed E-state index contributed by atoms with van der Waals surface area (Å²) in [5.41, 5.74) is 1.18. The molecule has 140 valence electrons. The lowest BCUT2D eigenvalue weighted by atomic mass is 10.2. The van der Waals surface area contributed by atoms with Crippen LogP contribution in [0.5, 0.6) is 0 Å². The molecule has 7 heteroatoms. The minimum absolute atomic E-state index is 0.201. The van der Waals surface area contributed by atoms with Crippen LogP contribution in [0.15, 0.2) is 42.6 Å². The Morgan fingerprint density at radius 1 is 1.00 bits per heavy atom. The lowest BCUT2D eigenvalue weighted by Gasteiger charge is -2.35. The van der Waals surface area contributed by atoms with Gasteiger partial charge in [-0.2, -0.15) is 0 Å². The molecule has 1 aromatic carbocycles. The average Bonchev–Trinajstić information content (AvgIpc) is 3.54. The molecule has 1 aliphatic heterocycles. The number of carbonyl (C=O) groups excluding carboxylic acids is 2. The van der Waals surface area contributed by atoms with Crippen LogP contribution in [0.2, 0.25) is 5.02 Å². The molecule has 2 aromatic rings. The molecule has 2 fully saturated rings. The third-order valence-corrected chi connectivity index (χ3v) is 5.21. The van der Waals surface area contributed by atoms with Crippen molar-refractivity contribution in [3.05, 3.63) is 53.2 Å². The van der Waals surface area contributed by atoms with Crippen molar-refractivity contribution in [3.8, 4) is 0 Å². The van der Waals surface area contributed by atoms with Gasteiger partial charge in [0.25, 0.3) is 5.91 Å². The first-order valence-electron chi connectivity index (χ1n) is 9.17. The Hall–Kier alpha value is -2.60. The summed E-state index contributed by atoms with van der Waals surface area (Å²) in [6.07, 6.45) is 3.75. The quantitative estimate of drug-likeness (QED) is 0.879. The predicted molar refractivity (Wildman–Crippen MR) is 105 cm³/mol. The summed E-state index contributed by atoms with van der Waals surface area (Å²) in [6, 6.07) is 10.5. The number of benzene rings is 1. The number of nitrogens with one attached hydrogen (secondary N) is 1. The van der Waals surface area contributed by atoms with Crippen molar-refractivity contribution in [2.24, 2.45) is 5.92 Å². The topological polar surface area (TPSA) is 65.5 Å². The first-order chi connectivity index (χ1) is 13.1. The van der Waals surface area contributed by atoms with Crippen LogP contribution in [-0.4, -0.2) is 47.9 Å². The molecular weight excluding hydrogens is 364 g/mol. The van der Waals surface area contributed by atoms with E-state index in [4.69, 9.17) is 11.6 Å². The largest absolute Gasteiger partial charge is 0.353 e. The molecule has 2 amide bonds. The van der Waals surface area contributed by atoms with Gasteiger partial charge in [0.15, 0.2) is 0 Å². The number of hydrogen-bond donors (Lipinski definition) is 1. The number of rotatable bonds is 4. The molecule has 1 saturated carbocycles. The van der Waals surface area contributed by atoms with Gasteiger partial charge < -0.3 is 15.1 Å². The van der Waals surface area contributed by atoms with E-state index in [1.165, 1.54) is 0 Å². The molecule has 1 N–H and O–H groups in total. The lowest BCUT2D eigenvalue weighted by molar-refractivity contribution is -0.132. The first kappa shape index (κ1) is 17.8. The third-order valence-electron chi connectivity index (χ3n) is 4.95. The second-order valence-electron chi connectivity index (χ2n) is 6.95. The molecule has 2 aliphatic rings. The highest BCUT2D eigenvalue weighted by Crippen LogP contribution is 2.31. The summed E-state index contributed by atoms with van der Waals surface area (Å²) < 4.78 is 0. The molecule has 1 saturated heterocycles. The number of halogens is 1. The van der Waals surface area contributed by atoms with Crippen LogP contribution >= 0.6 is 11.6 Å². The monoisotopic (exact) mass is 384 g/mol. The van der Waals surface area contributed by atoms with Crippen molar-refractivity contribution in [2.75, 3.05) is 36.4 Å². The molecule has 0 radical (unpaired) electrons. The highest BCUT2D eigenvalue weighted by atomic mass is 35.5. The Bertz CT molecular complexity index is 826. The predicted octanol–water partition coefficient (Wildman–Crippen LogP) is 3.05. The van der Waals surface area contributed by atoms with Gasteiger partial charge in [-0.3, -0.25) is 9.59 Å². The van der Waals surface area contributed by atoms with Crippen LogP contribution in [0.25, 0.3) is 0 Å². The van der Waals surface area contributed by atoms with Gasteiger partial charge in [-0.15, -0.1) is 0 Å². The van der Waals surface area contributed by atoms with E-state index in [0.29, 0.717) is 22.2 Å². The van der Waals surface area contributed by atoms with Gasteiger partial charge in [0.05, 0.1) is 11.9 Å². The van der Waals surface area contributed by atoms with Crippen molar-refractivity contribution in [2.45, 2.75) is 12.8 Å². The number of amides is 2. The van der Waals surface area contributed by atoms with Crippen molar-refractivity contribution in [1.82, 2.24) is 9.88 Å². The Morgan fingerprint density at radius 2 is 1.70 bits per heavy atom.